The van der Waals surface area contributed by atoms with E-state index in [4.69, 9.17) is 0 Å². The maximum Gasteiger partial charge on any atom is 0.325 e. The van der Waals surface area contributed by atoms with Crippen molar-refractivity contribution in [3.63, 3.8) is 0 Å². The van der Waals surface area contributed by atoms with Gasteiger partial charge >= 0.3 is 5.97 Å². The van der Waals surface area contributed by atoms with Crippen molar-refractivity contribution in [3.05, 3.63) is 34.1 Å². The standard InChI is InChI=1S/C10H9BrFNO3/c1-16-8(14)5-13-10(15)9-6(11)3-2-4-7(9)12/h2-4H,5H2,1H3,(H,13,15). The average Bonchev–Trinajstić information content (AvgIpc) is 2.25. The van der Waals surface area contributed by atoms with Gasteiger partial charge in [-0.05, 0) is 28.1 Å². The van der Waals surface area contributed by atoms with E-state index >= 15 is 0 Å². The number of benzene rings is 1. The summed E-state index contributed by atoms with van der Waals surface area (Å²) >= 11 is 3.05. The third kappa shape index (κ3) is 3.03. The minimum Gasteiger partial charge on any atom is -0.468 e. The first-order chi connectivity index (χ1) is 7.56. The number of carbonyl (C=O) groups excluding carboxylic acids is 2. The predicted molar refractivity (Wildman–Crippen MR) is 58.4 cm³/mol. The van der Waals surface area contributed by atoms with Gasteiger partial charge in [-0.2, -0.15) is 0 Å². The van der Waals surface area contributed by atoms with E-state index in [9.17, 15) is 14.0 Å². The second-order valence-electron chi connectivity index (χ2n) is 2.86. The smallest absolute Gasteiger partial charge is 0.325 e. The van der Waals surface area contributed by atoms with E-state index in [1.54, 1.807) is 0 Å². The molecule has 1 N–H and O–H groups in total. The van der Waals surface area contributed by atoms with Crippen LogP contribution in [0.15, 0.2) is 22.7 Å². The molecule has 0 aliphatic carbocycles. The molecule has 1 aromatic carbocycles. The van der Waals surface area contributed by atoms with E-state index in [0.717, 1.165) is 6.07 Å². The van der Waals surface area contributed by atoms with Crippen LogP contribution in [0, 0.1) is 5.82 Å². The Morgan fingerprint density at radius 1 is 1.50 bits per heavy atom. The first-order valence-corrected chi connectivity index (χ1v) is 5.14. The van der Waals surface area contributed by atoms with Crippen LogP contribution in [0.4, 0.5) is 4.39 Å². The highest BCUT2D eigenvalue weighted by Gasteiger charge is 2.15. The lowest BCUT2D eigenvalue weighted by Gasteiger charge is -2.06. The number of carbonyl (C=O) groups is 2. The highest BCUT2D eigenvalue weighted by atomic mass is 79.9. The van der Waals surface area contributed by atoms with Crippen molar-refractivity contribution in [1.29, 1.82) is 0 Å². The summed E-state index contributed by atoms with van der Waals surface area (Å²) in [5.41, 5.74) is -0.133. The lowest BCUT2D eigenvalue weighted by molar-refractivity contribution is -0.139. The van der Waals surface area contributed by atoms with Gasteiger partial charge in [-0.3, -0.25) is 9.59 Å². The van der Waals surface area contributed by atoms with Crippen molar-refractivity contribution in [3.8, 4) is 0 Å². The number of ether oxygens (including phenoxy) is 1. The Labute approximate surface area is 99.9 Å². The lowest BCUT2D eigenvalue weighted by atomic mass is 10.2. The summed E-state index contributed by atoms with van der Waals surface area (Å²) in [6.45, 7) is -0.296. The quantitative estimate of drug-likeness (QED) is 0.858. The molecule has 0 aliphatic heterocycles. The van der Waals surface area contributed by atoms with Crippen LogP contribution < -0.4 is 5.32 Å². The number of amides is 1. The molecule has 0 atom stereocenters. The van der Waals surface area contributed by atoms with Crippen LogP contribution in [0.25, 0.3) is 0 Å². The molecule has 0 saturated carbocycles. The normalized spacial score (nSPS) is 9.69. The average molecular weight is 290 g/mol. The predicted octanol–water partition coefficient (Wildman–Crippen LogP) is 1.49. The van der Waals surface area contributed by atoms with Crippen LogP contribution in [0.3, 0.4) is 0 Å². The largest absolute Gasteiger partial charge is 0.468 e. The van der Waals surface area contributed by atoms with Gasteiger partial charge in [-0.1, -0.05) is 6.07 Å². The number of rotatable bonds is 3. The molecule has 86 valence electrons. The van der Waals surface area contributed by atoms with Crippen molar-refractivity contribution in [2.45, 2.75) is 0 Å². The summed E-state index contributed by atoms with van der Waals surface area (Å²) in [4.78, 5) is 22.3. The molecule has 1 aromatic rings. The number of hydrogen-bond donors (Lipinski definition) is 1. The Morgan fingerprint density at radius 3 is 2.75 bits per heavy atom. The van der Waals surface area contributed by atoms with Crippen LogP contribution in [-0.4, -0.2) is 25.5 Å². The van der Waals surface area contributed by atoms with Gasteiger partial charge in [0.25, 0.3) is 5.91 Å². The molecule has 1 rings (SSSR count). The van der Waals surface area contributed by atoms with Gasteiger partial charge < -0.3 is 10.1 Å². The molecule has 0 fully saturated rings. The zero-order valence-electron chi connectivity index (χ0n) is 8.42. The Morgan fingerprint density at radius 2 is 2.19 bits per heavy atom. The molecule has 0 unspecified atom stereocenters. The van der Waals surface area contributed by atoms with E-state index in [2.05, 4.69) is 26.0 Å². The third-order valence-electron chi connectivity index (χ3n) is 1.81. The lowest BCUT2D eigenvalue weighted by Crippen LogP contribution is -2.30. The maximum absolute atomic E-state index is 13.3. The first-order valence-electron chi connectivity index (χ1n) is 4.35. The summed E-state index contributed by atoms with van der Waals surface area (Å²) in [7, 11) is 1.20. The van der Waals surface area contributed by atoms with Crippen molar-refractivity contribution in [2.75, 3.05) is 13.7 Å². The molecule has 0 aromatic heterocycles. The van der Waals surface area contributed by atoms with Crippen molar-refractivity contribution in [1.82, 2.24) is 5.32 Å². The summed E-state index contributed by atoms with van der Waals surface area (Å²) < 4.78 is 18.0. The van der Waals surface area contributed by atoms with Gasteiger partial charge in [-0.25, -0.2) is 4.39 Å². The monoisotopic (exact) mass is 289 g/mol. The molecule has 0 radical (unpaired) electrons. The summed E-state index contributed by atoms with van der Waals surface area (Å²) in [5.74, 6) is -1.92. The molecule has 0 spiro atoms. The zero-order chi connectivity index (χ0) is 12.1. The third-order valence-corrected chi connectivity index (χ3v) is 2.47. The molecule has 1 amide bonds. The van der Waals surface area contributed by atoms with Crippen molar-refractivity contribution < 1.29 is 18.7 Å². The molecule has 0 bridgehead atoms. The topological polar surface area (TPSA) is 55.4 Å². The molecule has 16 heavy (non-hydrogen) atoms. The van der Waals surface area contributed by atoms with Gasteiger partial charge in [0.1, 0.15) is 12.4 Å². The number of nitrogens with one attached hydrogen (secondary N) is 1. The highest BCUT2D eigenvalue weighted by Crippen LogP contribution is 2.19. The van der Waals surface area contributed by atoms with Gasteiger partial charge in [0.2, 0.25) is 0 Å². The molecule has 0 aliphatic rings. The van der Waals surface area contributed by atoms with Gasteiger partial charge in [0, 0.05) is 4.47 Å². The zero-order valence-corrected chi connectivity index (χ0v) is 10.0. The molecule has 0 heterocycles. The Hall–Kier alpha value is -1.43. The van der Waals surface area contributed by atoms with Crippen LogP contribution in [-0.2, 0) is 9.53 Å². The van der Waals surface area contributed by atoms with Crippen molar-refractivity contribution >= 4 is 27.8 Å². The van der Waals surface area contributed by atoms with E-state index in [-0.39, 0.29) is 12.1 Å². The fraction of sp³-hybridized carbons (Fsp3) is 0.200. The Kier molecular flexibility index (Phi) is 4.42. The summed E-state index contributed by atoms with van der Waals surface area (Å²) in [5, 5.41) is 2.25. The van der Waals surface area contributed by atoms with E-state index in [1.807, 2.05) is 0 Å². The summed E-state index contributed by atoms with van der Waals surface area (Å²) in [6.07, 6.45) is 0. The molecule has 4 nitrogen and oxygen atoms in total. The maximum atomic E-state index is 13.3. The van der Waals surface area contributed by atoms with Gasteiger partial charge in [0.15, 0.2) is 0 Å². The molecular weight excluding hydrogens is 281 g/mol. The number of halogens is 2. The second-order valence-corrected chi connectivity index (χ2v) is 3.71. The van der Waals surface area contributed by atoms with Crippen LogP contribution in [0.5, 0.6) is 0 Å². The number of hydrogen-bond acceptors (Lipinski definition) is 3. The molecule has 6 heteroatoms. The Bertz CT molecular complexity index is 402. The van der Waals surface area contributed by atoms with Crippen LogP contribution in [0.2, 0.25) is 0 Å². The fourth-order valence-corrected chi connectivity index (χ4v) is 1.55. The second kappa shape index (κ2) is 5.60. The minimum absolute atomic E-state index is 0.133. The summed E-state index contributed by atoms with van der Waals surface area (Å²) in [6, 6.07) is 4.17. The SMILES string of the molecule is COC(=O)CNC(=O)c1c(F)cccc1Br. The van der Waals surface area contributed by atoms with Gasteiger partial charge in [0.05, 0.1) is 12.7 Å². The van der Waals surface area contributed by atoms with E-state index in [0.29, 0.717) is 4.47 Å². The number of esters is 1. The minimum atomic E-state index is -0.671. The van der Waals surface area contributed by atoms with Crippen LogP contribution in [0.1, 0.15) is 10.4 Å². The van der Waals surface area contributed by atoms with E-state index < -0.39 is 17.7 Å². The molecule has 0 saturated heterocycles. The fourth-order valence-electron chi connectivity index (χ4n) is 1.03. The van der Waals surface area contributed by atoms with Crippen molar-refractivity contribution in [2.24, 2.45) is 0 Å². The Balaban J connectivity index is 2.77. The number of methoxy groups -OCH3 is 1. The molecular formula is C10H9BrFNO3. The van der Waals surface area contributed by atoms with Crippen LogP contribution >= 0.6 is 15.9 Å². The van der Waals surface area contributed by atoms with E-state index in [1.165, 1.54) is 19.2 Å². The van der Waals surface area contributed by atoms with Gasteiger partial charge in [-0.15, -0.1) is 0 Å². The highest BCUT2D eigenvalue weighted by molar-refractivity contribution is 9.10. The first kappa shape index (κ1) is 12.6.